The average molecular weight is 463 g/mol. The lowest BCUT2D eigenvalue weighted by molar-refractivity contribution is -0.0262. The molecular formula is C24H26N6O4. The summed E-state index contributed by atoms with van der Waals surface area (Å²) in [6.45, 7) is 0.367. The van der Waals surface area contributed by atoms with Gasteiger partial charge in [-0.25, -0.2) is 4.98 Å². The molecule has 2 aromatic carbocycles. The highest BCUT2D eigenvalue weighted by atomic mass is 16.6. The van der Waals surface area contributed by atoms with Crippen LogP contribution in [-0.2, 0) is 17.8 Å². The summed E-state index contributed by atoms with van der Waals surface area (Å²) in [6.07, 6.45) is -2.23. The van der Waals surface area contributed by atoms with Crippen LogP contribution in [0.5, 0.6) is 0 Å². The molecule has 5 N–H and O–H groups in total. The Labute approximate surface area is 195 Å². The summed E-state index contributed by atoms with van der Waals surface area (Å²) in [5.41, 5.74) is 3.04. The van der Waals surface area contributed by atoms with Crippen LogP contribution < -0.4 is 10.6 Å². The molecule has 1 aliphatic heterocycles. The molecule has 1 fully saturated rings. The van der Waals surface area contributed by atoms with Crippen molar-refractivity contribution in [2.24, 2.45) is 0 Å². The number of ether oxygens (including phenoxy) is 1. The number of imidazole rings is 1. The molecule has 0 spiro atoms. The van der Waals surface area contributed by atoms with E-state index in [1.54, 1.807) is 10.9 Å². The number of fused-ring (bicyclic) bond motifs is 1. The molecule has 0 saturated carbocycles. The molecule has 1 saturated heterocycles. The van der Waals surface area contributed by atoms with E-state index in [1.807, 2.05) is 60.7 Å². The Bertz CT molecular complexity index is 1240. The van der Waals surface area contributed by atoms with Crippen LogP contribution in [0.25, 0.3) is 11.2 Å². The second kappa shape index (κ2) is 9.74. The van der Waals surface area contributed by atoms with E-state index >= 15 is 0 Å². The van der Waals surface area contributed by atoms with Gasteiger partial charge in [-0.2, -0.15) is 9.97 Å². The van der Waals surface area contributed by atoms with Crippen LogP contribution >= 0.6 is 0 Å². The standard InChI is InChI=1S/C24H26N6O4/c31-13-18-21(33)20(32)17(34-18)12-30-14-26-19-22(27-16-9-5-2-6-10-16)28-24(29-23(19)30)25-11-15-7-3-1-4-8-15/h1-10,14,17-18,20-21,31-33H,11-13H2,(H2,25,27,28,29)/t17-,18+,20+,21+/m0/s1. The van der Waals surface area contributed by atoms with E-state index in [2.05, 4.69) is 25.6 Å². The lowest BCUT2D eigenvalue weighted by atomic mass is 10.1. The quantitative estimate of drug-likeness (QED) is 0.265. The molecule has 10 heteroatoms. The zero-order valence-corrected chi connectivity index (χ0v) is 18.3. The first-order valence-corrected chi connectivity index (χ1v) is 11.1. The summed E-state index contributed by atoms with van der Waals surface area (Å²) in [5, 5.41) is 36.4. The molecule has 0 radical (unpaired) electrons. The second-order valence-corrected chi connectivity index (χ2v) is 8.17. The van der Waals surface area contributed by atoms with Gasteiger partial charge in [0.15, 0.2) is 17.0 Å². The van der Waals surface area contributed by atoms with Crippen molar-refractivity contribution in [3.05, 3.63) is 72.6 Å². The molecule has 2 aromatic heterocycles. The van der Waals surface area contributed by atoms with Gasteiger partial charge in [0.2, 0.25) is 5.95 Å². The summed E-state index contributed by atoms with van der Waals surface area (Å²) >= 11 is 0. The number of hydrogen-bond acceptors (Lipinski definition) is 9. The summed E-state index contributed by atoms with van der Waals surface area (Å²) in [5.74, 6) is 0.948. The zero-order valence-electron chi connectivity index (χ0n) is 18.3. The van der Waals surface area contributed by atoms with E-state index in [0.717, 1.165) is 11.3 Å². The van der Waals surface area contributed by atoms with Crippen molar-refractivity contribution in [1.82, 2.24) is 19.5 Å². The van der Waals surface area contributed by atoms with E-state index < -0.39 is 24.4 Å². The molecule has 0 aliphatic carbocycles. The van der Waals surface area contributed by atoms with E-state index in [0.29, 0.717) is 29.5 Å². The van der Waals surface area contributed by atoms with Crippen molar-refractivity contribution in [2.75, 3.05) is 17.2 Å². The third kappa shape index (κ3) is 4.57. The molecular weight excluding hydrogens is 436 g/mol. The fraction of sp³-hybridized carbons (Fsp3) is 0.292. The number of hydrogen-bond donors (Lipinski definition) is 5. The minimum atomic E-state index is -1.15. The molecule has 34 heavy (non-hydrogen) atoms. The lowest BCUT2D eigenvalue weighted by Crippen LogP contribution is -2.35. The molecule has 5 rings (SSSR count). The number of nitrogens with zero attached hydrogens (tertiary/aromatic N) is 4. The Hall–Kier alpha value is -3.57. The lowest BCUT2D eigenvalue weighted by Gasteiger charge is -2.16. The second-order valence-electron chi connectivity index (χ2n) is 8.17. The minimum Gasteiger partial charge on any atom is -0.394 e. The normalized spacial score (nSPS) is 22.2. The van der Waals surface area contributed by atoms with Gasteiger partial charge in [-0.15, -0.1) is 0 Å². The Morgan fingerprint density at radius 3 is 2.32 bits per heavy atom. The van der Waals surface area contributed by atoms with Crippen molar-refractivity contribution in [1.29, 1.82) is 0 Å². The average Bonchev–Trinajstić information content (AvgIpc) is 3.40. The monoisotopic (exact) mass is 462 g/mol. The first-order valence-electron chi connectivity index (χ1n) is 11.1. The fourth-order valence-corrected chi connectivity index (χ4v) is 4.00. The number of anilines is 3. The third-order valence-electron chi connectivity index (χ3n) is 5.81. The predicted molar refractivity (Wildman–Crippen MR) is 127 cm³/mol. The highest BCUT2D eigenvalue weighted by molar-refractivity contribution is 5.86. The maximum absolute atomic E-state index is 10.4. The van der Waals surface area contributed by atoms with Gasteiger partial charge in [0.05, 0.1) is 19.5 Å². The highest BCUT2D eigenvalue weighted by Crippen LogP contribution is 2.27. The van der Waals surface area contributed by atoms with Gasteiger partial charge < -0.3 is 35.3 Å². The Morgan fingerprint density at radius 1 is 0.912 bits per heavy atom. The SMILES string of the molecule is OC[C@H]1O[C@@H](Cn2cnc3c(Nc4ccccc4)nc(NCc4ccccc4)nc32)[C@@H](O)[C@@H]1O. The van der Waals surface area contributed by atoms with Crippen molar-refractivity contribution >= 4 is 28.6 Å². The summed E-state index contributed by atoms with van der Waals surface area (Å²) in [4.78, 5) is 13.8. The van der Waals surface area contributed by atoms with Crippen molar-refractivity contribution in [3.63, 3.8) is 0 Å². The minimum absolute atomic E-state index is 0.200. The predicted octanol–water partition coefficient (Wildman–Crippen LogP) is 1.66. The van der Waals surface area contributed by atoms with Crippen LogP contribution in [-0.4, -0.2) is 65.9 Å². The summed E-state index contributed by atoms with van der Waals surface area (Å²) in [7, 11) is 0. The summed E-state index contributed by atoms with van der Waals surface area (Å²) < 4.78 is 7.40. The highest BCUT2D eigenvalue weighted by Gasteiger charge is 2.42. The number of rotatable bonds is 8. The number of nitrogens with one attached hydrogen (secondary N) is 2. The third-order valence-corrected chi connectivity index (χ3v) is 5.81. The van der Waals surface area contributed by atoms with Crippen molar-refractivity contribution in [2.45, 2.75) is 37.5 Å². The molecule has 176 valence electrons. The maximum atomic E-state index is 10.4. The molecule has 0 bridgehead atoms. The first-order chi connectivity index (χ1) is 16.6. The van der Waals surface area contributed by atoms with Crippen LogP contribution in [0.2, 0.25) is 0 Å². The number of aliphatic hydroxyl groups is 3. The topological polar surface area (TPSA) is 138 Å². The van der Waals surface area contributed by atoms with Gasteiger partial charge in [-0.1, -0.05) is 48.5 Å². The Morgan fingerprint density at radius 2 is 1.62 bits per heavy atom. The largest absolute Gasteiger partial charge is 0.394 e. The number of para-hydroxylation sites is 1. The van der Waals surface area contributed by atoms with Gasteiger partial charge in [-0.05, 0) is 17.7 Å². The number of benzene rings is 2. The maximum Gasteiger partial charge on any atom is 0.227 e. The summed E-state index contributed by atoms with van der Waals surface area (Å²) in [6, 6.07) is 19.6. The molecule has 4 aromatic rings. The van der Waals surface area contributed by atoms with Crippen LogP contribution in [0.1, 0.15) is 5.56 Å². The van der Waals surface area contributed by atoms with Gasteiger partial charge in [-0.3, -0.25) is 0 Å². The van der Waals surface area contributed by atoms with E-state index in [4.69, 9.17) is 4.74 Å². The van der Waals surface area contributed by atoms with Gasteiger partial charge in [0.1, 0.15) is 24.4 Å². The van der Waals surface area contributed by atoms with Gasteiger partial charge in [0, 0.05) is 12.2 Å². The van der Waals surface area contributed by atoms with Crippen LogP contribution in [0, 0.1) is 0 Å². The first kappa shape index (κ1) is 22.2. The molecule has 0 unspecified atom stereocenters. The smallest absolute Gasteiger partial charge is 0.227 e. The number of aromatic nitrogens is 4. The van der Waals surface area contributed by atoms with E-state index in [-0.39, 0.29) is 13.2 Å². The molecule has 1 aliphatic rings. The van der Waals surface area contributed by atoms with Crippen molar-refractivity contribution < 1.29 is 20.1 Å². The Kier molecular flexibility index (Phi) is 6.37. The Balaban J connectivity index is 1.47. The van der Waals surface area contributed by atoms with E-state index in [1.165, 1.54) is 0 Å². The fourth-order valence-electron chi connectivity index (χ4n) is 4.00. The molecule has 3 heterocycles. The zero-order chi connectivity index (χ0) is 23.5. The molecule has 10 nitrogen and oxygen atoms in total. The molecule has 0 amide bonds. The van der Waals surface area contributed by atoms with Gasteiger partial charge >= 0.3 is 0 Å². The molecule has 4 atom stereocenters. The number of aliphatic hydroxyl groups excluding tert-OH is 3. The van der Waals surface area contributed by atoms with Gasteiger partial charge in [0.25, 0.3) is 0 Å². The van der Waals surface area contributed by atoms with E-state index in [9.17, 15) is 15.3 Å². The van der Waals surface area contributed by atoms with Crippen LogP contribution in [0.15, 0.2) is 67.0 Å². The van der Waals surface area contributed by atoms with Crippen molar-refractivity contribution in [3.8, 4) is 0 Å². The van der Waals surface area contributed by atoms with Crippen LogP contribution in [0.4, 0.5) is 17.5 Å². The van der Waals surface area contributed by atoms with Crippen LogP contribution in [0.3, 0.4) is 0 Å².